The van der Waals surface area contributed by atoms with Gasteiger partial charge in [-0.1, -0.05) is 91.0 Å². The smallest absolute Gasteiger partial charge is 0.0970 e. The van der Waals surface area contributed by atoms with Gasteiger partial charge in [-0.25, -0.2) is 15.0 Å². The Balaban J connectivity index is 0.956. The number of aromatic nitrogens is 5. The largest absolute Gasteiger partial charge is 0.254 e. The fourth-order valence-corrected chi connectivity index (χ4v) is 6.95. The van der Waals surface area contributed by atoms with Crippen LogP contribution in [0.2, 0.25) is 0 Å². The second-order valence-corrected chi connectivity index (χ2v) is 12.6. The fraction of sp³-hybridized carbons (Fsp3) is 0. The summed E-state index contributed by atoms with van der Waals surface area (Å²) >= 11 is 0. The Bertz CT molecular complexity index is 2930. The molecule has 0 unspecified atom stereocenters. The number of rotatable bonds is 4. The Hall–Kier alpha value is -6.85. The predicted molar refractivity (Wildman–Crippen MR) is 205 cm³/mol. The lowest BCUT2D eigenvalue weighted by Gasteiger charge is -2.11. The number of para-hydroxylation sites is 1. The predicted octanol–water partition coefficient (Wildman–Crippen LogP) is 11.1. The lowest BCUT2D eigenvalue weighted by atomic mass is 9.96. The van der Waals surface area contributed by atoms with E-state index in [4.69, 9.17) is 15.0 Å². The molecule has 0 aliphatic carbocycles. The minimum Gasteiger partial charge on any atom is -0.254 e. The summed E-state index contributed by atoms with van der Waals surface area (Å²) in [6.07, 6.45) is 3.65. The Morgan fingerprint density at radius 2 is 0.900 bits per heavy atom. The van der Waals surface area contributed by atoms with Gasteiger partial charge in [-0.3, -0.25) is 9.97 Å². The number of hydrogen-bond acceptors (Lipinski definition) is 5. The zero-order valence-corrected chi connectivity index (χ0v) is 26.8. The third-order valence-corrected chi connectivity index (χ3v) is 9.53. The summed E-state index contributed by atoms with van der Waals surface area (Å²) < 4.78 is 0. The molecule has 0 bridgehead atoms. The van der Waals surface area contributed by atoms with Gasteiger partial charge >= 0.3 is 0 Å². The van der Waals surface area contributed by atoms with Crippen molar-refractivity contribution in [2.45, 2.75) is 0 Å². The van der Waals surface area contributed by atoms with Gasteiger partial charge < -0.3 is 0 Å². The van der Waals surface area contributed by atoms with E-state index in [1.165, 1.54) is 0 Å². The molecule has 0 N–H and O–H groups in total. The number of hydrogen-bond donors (Lipinski definition) is 0. The van der Waals surface area contributed by atoms with Gasteiger partial charge in [-0.05, 0) is 82.9 Å². The third-order valence-electron chi connectivity index (χ3n) is 9.53. The van der Waals surface area contributed by atoms with E-state index in [-0.39, 0.29) is 0 Å². The molecule has 0 atom stereocenters. The van der Waals surface area contributed by atoms with Crippen molar-refractivity contribution in [1.82, 2.24) is 24.9 Å². The molecule has 5 nitrogen and oxygen atoms in total. The number of benzene rings is 5. The highest BCUT2D eigenvalue weighted by Crippen LogP contribution is 2.35. The molecule has 50 heavy (non-hydrogen) atoms. The first-order chi connectivity index (χ1) is 24.7. The molecule has 0 saturated carbocycles. The van der Waals surface area contributed by atoms with Crippen molar-refractivity contribution in [2.75, 3.05) is 0 Å². The van der Waals surface area contributed by atoms with Gasteiger partial charge in [0, 0.05) is 44.9 Å². The standard InChI is InChI=1S/C45H27N5/c1-2-8-38-29(5-1)15-21-41(49-38)42-22-16-31-13-14-33(27-43(31)50-42)32-17-19-40-34(25-32)18-20-39(48-40)30-11-9-28(10-12-30)37-26-35-6-3-23-46-44(35)45-36(37)7-4-24-47-45/h1-27H. The Kier molecular flexibility index (Phi) is 6.42. The number of pyridine rings is 5. The van der Waals surface area contributed by atoms with Crippen LogP contribution in [0.3, 0.4) is 0 Å². The van der Waals surface area contributed by atoms with Gasteiger partial charge in [0.2, 0.25) is 0 Å². The van der Waals surface area contributed by atoms with Crippen molar-refractivity contribution >= 4 is 54.5 Å². The van der Waals surface area contributed by atoms with E-state index in [2.05, 4.69) is 119 Å². The van der Waals surface area contributed by atoms with Crippen molar-refractivity contribution in [2.24, 2.45) is 0 Å². The summed E-state index contributed by atoms with van der Waals surface area (Å²) in [5, 5.41) is 5.48. The molecule has 0 amide bonds. The average molecular weight is 638 g/mol. The van der Waals surface area contributed by atoms with Crippen molar-refractivity contribution in [3.63, 3.8) is 0 Å². The quantitative estimate of drug-likeness (QED) is 0.180. The molecule has 0 radical (unpaired) electrons. The highest BCUT2D eigenvalue weighted by Gasteiger charge is 2.12. The minimum absolute atomic E-state index is 0.864. The summed E-state index contributed by atoms with van der Waals surface area (Å²) in [5.74, 6) is 0. The van der Waals surface area contributed by atoms with E-state index in [1.807, 2.05) is 54.9 Å². The maximum atomic E-state index is 5.05. The van der Waals surface area contributed by atoms with Crippen molar-refractivity contribution in [3.8, 4) is 44.9 Å². The molecule has 0 spiro atoms. The Labute approximate surface area is 287 Å². The maximum Gasteiger partial charge on any atom is 0.0970 e. The van der Waals surface area contributed by atoms with Crippen LogP contribution < -0.4 is 0 Å². The van der Waals surface area contributed by atoms with Crippen molar-refractivity contribution in [1.29, 1.82) is 0 Å². The highest BCUT2D eigenvalue weighted by molar-refractivity contribution is 6.10. The summed E-state index contributed by atoms with van der Waals surface area (Å²) in [6.45, 7) is 0. The van der Waals surface area contributed by atoms with Crippen LogP contribution in [0.25, 0.3) is 99.4 Å². The number of nitrogens with zero attached hydrogens (tertiary/aromatic N) is 5. The minimum atomic E-state index is 0.864. The molecule has 5 aromatic carbocycles. The maximum absolute atomic E-state index is 5.05. The lowest BCUT2D eigenvalue weighted by molar-refractivity contribution is 1.32. The van der Waals surface area contributed by atoms with Gasteiger partial charge in [0.1, 0.15) is 0 Å². The van der Waals surface area contributed by atoms with Crippen molar-refractivity contribution in [3.05, 3.63) is 164 Å². The van der Waals surface area contributed by atoms with E-state index in [0.717, 1.165) is 99.4 Å². The second kappa shape index (κ2) is 11.4. The fourth-order valence-electron chi connectivity index (χ4n) is 6.95. The van der Waals surface area contributed by atoms with E-state index in [0.29, 0.717) is 0 Å². The molecular weight excluding hydrogens is 611 g/mol. The van der Waals surface area contributed by atoms with Gasteiger partial charge in [0.05, 0.1) is 44.7 Å². The average Bonchev–Trinajstić information content (AvgIpc) is 3.19. The molecule has 0 saturated heterocycles. The molecule has 10 aromatic rings. The molecule has 232 valence electrons. The van der Waals surface area contributed by atoms with Crippen LogP contribution in [-0.4, -0.2) is 24.9 Å². The van der Waals surface area contributed by atoms with Gasteiger partial charge in [0.15, 0.2) is 0 Å². The zero-order chi connectivity index (χ0) is 33.0. The van der Waals surface area contributed by atoms with Gasteiger partial charge in [-0.15, -0.1) is 0 Å². The SMILES string of the molecule is c1ccc2nc(-c3ccc4ccc(-c5ccc6nc(-c7ccc(-c8cc9cccnc9c9ncccc89)cc7)ccc6c5)cc4n3)ccc2c1. The van der Waals surface area contributed by atoms with Crippen LogP contribution >= 0.6 is 0 Å². The highest BCUT2D eigenvalue weighted by atomic mass is 14.8. The first-order valence-corrected chi connectivity index (χ1v) is 16.7. The van der Waals surface area contributed by atoms with Crippen LogP contribution in [0.5, 0.6) is 0 Å². The molecule has 0 fully saturated rings. The van der Waals surface area contributed by atoms with Gasteiger partial charge in [-0.2, -0.15) is 0 Å². The topological polar surface area (TPSA) is 64.5 Å². The van der Waals surface area contributed by atoms with Crippen LogP contribution in [0.15, 0.2) is 164 Å². The summed E-state index contributed by atoms with van der Waals surface area (Å²) in [6, 6.07) is 52.7. The molecule has 5 aromatic heterocycles. The van der Waals surface area contributed by atoms with Crippen molar-refractivity contribution < 1.29 is 0 Å². The van der Waals surface area contributed by atoms with Crippen LogP contribution in [0.4, 0.5) is 0 Å². The van der Waals surface area contributed by atoms with Gasteiger partial charge in [0.25, 0.3) is 0 Å². The van der Waals surface area contributed by atoms with Crippen LogP contribution in [0, 0.1) is 0 Å². The third kappa shape index (κ3) is 4.83. The summed E-state index contributed by atoms with van der Waals surface area (Å²) in [7, 11) is 0. The molecular formula is C45H27N5. The molecule has 5 heteroatoms. The second-order valence-electron chi connectivity index (χ2n) is 12.6. The number of fused-ring (bicyclic) bond motifs is 6. The first-order valence-electron chi connectivity index (χ1n) is 16.7. The molecule has 10 rings (SSSR count). The monoisotopic (exact) mass is 637 g/mol. The summed E-state index contributed by atoms with van der Waals surface area (Å²) in [4.78, 5) is 24.2. The Morgan fingerprint density at radius 1 is 0.320 bits per heavy atom. The summed E-state index contributed by atoms with van der Waals surface area (Å²) in [5.41, 5.74) is 13.0. The zero-order valence-electron chi connectivity index (χ0n) is 26.8. The molecule has 0 aliphatic rings. The van der Waals surface area contributed by atoms with E-state index < -0.39 is 0 Å². The van der Waals surface area contributed by atoms with E-state index >= 15 is 0 Å². The van der Waals surface area contributed by atoms with Crippen LogP contribution in [0.1, 0.15) is 0 Å². The van der Waals surface area contributed by atoms with E-state index in [9.17, 15) is 0 Å². The molecule has 0 aliphatic heterocycles. The normalized spacial score (nSPS) is 11.6. The lowest BCUT2D eigenvalue weighted by Crippen LogP contribution is -1.90. The first kappa shape index (κ1) is 28.2. The van der Waals surface area contributed by atoms with Crippen LogP contribution in [-0.2, 0) is 0 Å². The van der Waals surface area contributed by atoms with E-state index in [1.54, 1.807) is 0 Å². The molecule has 5 heterocycles. The Morgan fingerprint density at radius 3 is 1.78 bits per heavy atom.